The fourth-order valence-corrected chi connectivity index (χ4v) is 6.07. The minimum Gasteiger partial charge on any atom is -0.453 e. The molecule has 1 atom stereocenters. The summed E-state index contributed by atoms with van der Waals surface area (Å²) in [5.74, 6) is -0.489. The zero-order chi connectivity index (χ0) is 27.3. The summed E-state index contributed by atoms with van der Waals surface area (Å²) in [5.41, 5.74) is 0.164. The lowest BCUT2D eigenvalue weighted by Crippen LogP contribution is -2.65. The Labute approximate surface area is 229 Å². The SMILES string of the molecule is N#Cc1ccc(C(=O)NCCC[N+]23CCC(CC2)[C@@H](OC(=O)C(O)(c2ccccc2)c2ccccc2)C3)cc1. The van der Waals surface area contributed by atoms with Gasteiger partial charge in [-0.15, -0.1) is 0 Å². The van der Waals surface area contributed by atoms with E-state index in [9.17, 15) is 14.7 Å². The third-order valence-electron chi connectivity index (χ3n) is 8.35. The third kappa shape index (κ3) is 5.58. The zero-order valence-electron chi connectivity index (χ0n) is 22.0. The molecule has 6 rings (SSSR count). The number of fused-ring (bicyclic) bond motifs is 3. The molecule has 3 fully saturated rings. The number of hydrogen-bond acceptors (Lipinski definition) is 5. The molecular formula is C32H34N3O4+. The summed E-state index contributed by atoms with van der Waals surface area (Å²) in [7, 11) is 0. The maximum atomic E-state index is 13.7. The molecule has 3 aromatic rings. The summed E-state index contributed by atoms with van der Waals surface area (Å²) in [6.45, 7) is 4.22. The number of ether oxygens (including phenoxy) is 1. The normalized spacial score (nSPS) is 22.1. The zero-order valence-corrected chi connectivity index (χ0v) is 22.0. The second-order valence-corrected chi connectivity index (χ2v) is 10.7. The molecule has 2 N–H and O–H groups in total. The smallest absolute Gasteiger partial charge is 0.348 e. The van der Waals surface area contributed by atoms with Crippen molar-refractivity contribution in [3.05, 3.63) is 107 Å². The maximum Gasteiger partial charge on any atom is 0.348 e. The molecule has 0 radical (unpaired) electrons. The van der Waals surface area contributed by atoms with Crippen LogP contribution in [-0.2, 0) is 15.1 Å². The Bertz CT molecular complexity index is 1290. The lowest BCUT2D eigenvalue weighted by molar-refractivity contribution is -0.946. The molecule has 3 aromatic carbocycles. The highest BCUT2D eigenvalue weighted by Crippen LogP contribution is 2.38. The van der Waals surface area contributed by atoms with Crippen LogP contribution >= 0.6 is 0 Å². The topological polar surface area (TPSA) is 99.4 Å². The summed E-state index contributed by atoms with van der Waals surface area (Å²) in [6.07, 6.45) is 2.51. The first kappa shape index (κ1) is 26.6. The molecule has 0 saturated carbocycles. The Morgan fingerprint density at radius 1 is 0.949 bits per heavy atom. The molecule has 0 aliphatic carbocycles. The number of hydrogen-bond donors (Lipinski definition) is 2. The van der Waals surface area contributed by atoms with E-state index in [-0.39, 0.29) is 12.0 Å². The van der Waals surface area contributed by atoms with E-state index in [1.165, 1.54) is 0 Å². The molecule has 7 heteroatoms. The van der Waals surface area contributed by atoms with E-state index >= 15 is 0 Å². The van der Waals surface area contributed by atoms with Gasteiger partial charge in [0, 0.05) is 37.3 Å². The number of nitriles is 1. The van der Waals surface area contributed by atoms with Gasteiger partial charge in [-0.3, -0.25) is 4.79 Å². The molecule has 7 nitrogen and oxygen atoms in total. The van der Waals surface area contributed by atoms with Crippen molar-refractivity contribution in [2.24, 2.45) is 5.92 Å². The Kier molecular flexibility index (Phi) is 7.78. The molecule has 3 aliphatic rings. The largest absolute Gasteiger partial charge is 0.453 e. The van der Waals surface area contributed by atoms with Crippen molar-refractivity contribution in [3.63, 3.8) is 0 Å². The number of nitrogens with one attached hydrogen (secondary N) is 1. The minimum absolute atomic E-state index is 0.148. The van der Waals surface area contributed by atoms with Crippen LogP contribution in [0.15, 0.2) is 84.9 Å². The van der Waals surface area contributed by atoms with Crippen LogP contribution in [0.5, 0.6) is 0 Å². The average molecular weight is 525 g/mol. The number of amides is 1. The number of nitrogens with zero attached hydrogens (tertiary/aromatic N) is 2. The minimum atomic E-state index is -1.88. The van der Waals surface area contributed by atoms with Gasteiger partial charge in [0.2, 0.25) is 5.60 Å². The van der Waals surface area contributed by atoms with Crippen LogP contribution < -0.4 is 5.32 Å². The summed E-state index contributed by atoms with van der Waals surface area (Å²) >= 11 is 0. The lowest BCUT2D eigenvalue weighted by Gasteiger charge is -2.52. The average Bonchev–Trinajstić information content (AvgIpc) is 3.00. The van der Waals surface area contributed by atoms with E-state index < -0.39 is 11.6 Å². The van der Waals surface area contributed by atoms with Crippen LogP contribution in [0, 0.1) is 17.2 Å². The van der Waals surface area contributed by atoms with E-state index in [2.05, 4.69) is 11.4 Å². The van der Waals surface area contributed by atoms with Gasteiger partial charge >= 0.3 is 5.97 Å². The first-order valence-corrected chi connectivity index (χ1v) is 13.6. The van der Waals surface area contributed by atoms with Gasteiger partial charge in [-0.1, -0.05) is 60.7 Å². The number of quaternary nitrogens is 1. The number of carbonyl (C=O) groups is 2. The molecule has 2 bridgehead atoms. The predicted octanol–water partition coefficient (Wildman–Crippen LogP) is 3.77. The van der Waals surface area contributed by atoms with Crippen molar-refractivity contribution in [1.29, 1.82) is 5.26 Å². The summed E-state index contributed by atoms with van der Waals surface area (Å²) in [4.78, 5) is 26.2. The Hall–Kier alpha value is -3.99. The molecule has 3 aliphatic heterocycles. The molecule has 3 heterocycles. The molecule has 1 amide bonds. The number of carbonyl (C=O) groups excluding carboxylic acids is 2. The van der Waals surface area contributed by atoms with Gasteiger partial charge in [0.25, 0.3) is 5.91 Å². The van der Waals surface area contributed by atoms with Crippen molar-refractivity contribution in [1.82, 2.24) is 5.32 Å². The monoisotopic (exact) mass is 524 g/mol. The van der Waals surface area contributed by atoms with E-state index in [0.717, 1.165) is 49.9 Å². The molecule has 200 valence electrons. The molecule has 3 saturated heterocycles. The predicted molar refractivity (Wildman–Crippen MR) is 146 cm³/mol. The van der Waals surface area contributed by atoms with Crippen molar-refractivity contribution in [2.75, 3.05) is 32.7 Å². The van der Waals surface area contributed by atoms with Crippen molar-refractivity contribution >= 4 is 11.9 Å². The van der Waals surface area contributed by atoms with E-state index in [0.29, 0.717) is 34.7 Å². The van der Waals surface area contributed by atoms with Gasteiger partial charge in [0.15, 0.2) is 6.10 Å². The molecule has 39 heavy (non-hydrogen) atoms. The summed E-state index contributed by atoms with van der Waals surface area (Å²) in [5, 5.41) is 23.7. The Morgan fingerprint density at radius 3 is 2.10 bits per heavy atom. The van der Waals surface area contributed by atoms with Gasteiger partial charge in [-0.2, -0.15) is 5.26 Å². The van der Waals surface area contributed by atoms with E-state index in [1.807, 2.05) is 36.4 Å². The highest BCUT2D eigenvalue weighted by atomic mass is 16.6. The first-order chi connectivity index (χ1) is 18.9. The van der Waals surface area contributed by atoms with Crippen LogP contribution in [0.4, 0.5) is 0 Å². The third-order valence-corrected chi connectivity index (χ3v) is 8.35. The Balaban J connectivity index is 1.21. The van der Waals surface area contributed by atoms with E-state index in [4.69, 9.17) is 10.00 Å². The van der Waals surface area contributed by atoms with Crippen molar-refractivity contribution in [2.45, 2.75) is 31.0 Å². The summed E-state index contributed by atoms with van der Waals surface area (Å²) in [6, 6.07) is 26.6. The first-order valence-electron chi connectivity index (χ1n) is 13.6. The van der Waals surface area contributed by atoms with Gasteiger partial charge < -0.3 is 19.6 Å². The molecule has 0 unspecified atom stereocenters. The van der Waals surface area contributed by atoms with E-state index in [1.54, 1.807) is 48.5 Å². The van der Waals surface area contributed by atoms with Crippen LogP contribution in [0.2, 0.25) is 0 Å². The number of esters is 1. The van der Waals surface area contributed by atoms with Gasteiger partial charge in [0.05, 0.1) is 31.3 Å². The standard InChI is InChI=1S/C32H33N3O4/c33-22-24-12-14-26(15-13-24)30(36)34-18-7-19-35-20-16-25(17-21-35)29(23-35)39-31(37)32(38,27-8-3-1-4-9-27)28-10-5-2-6-11-28/h1-6,8-15,25,29,38H,7,16-21,23H2/p+1/t25?,29-,35?/m0/s1. The number of benzene rings is 3. The maximum absolute atomic E-state index is 13.7. The Morgan fingerprint density at radius 2 is 1.54 bits per heavy atom. The highest BCUT2D eigenvalue weighted by Gasteiger charge is 2.50. The fraction of sp³-hybridized carbons (Fsp3) is 0.344. The highest BCUT2D eigenvalue weighted by molar-refractivity contribution is 5.94. The summed E-state index contributed by atoms with van der Waals surface area (Å²) < 4.78 is 7.01. The van der Waals surface area contributed by atoms with Crippen LogP contribution in [0.3, 0.4) is 0 Å². The lowest BCUT2D eigenvalue weighted by atomic mass is 9.82. The second-order valence-electron chi connectivity index (χ2n) is 10.7. The molecule has 0 spiro atoms. The van der Waals surface area contributed by atoms with Crippen molar-refractivity contribution in [3.8, 4) is 6.07 Å². The number of rotatable bonds is 9. The van der Waals surface area contributed by atoms with Gasteiger partial charge in [-0.25, -0.2) is 4.79 Å². The van der Waals surface area contributed by atoms with Gasteiger partial charge in [-0.05, 0) is 35.4 Å². The fourth-order valence-electron chi connectivity index (χ4n) is 6.07. The number of aliphatic hydroxyl groups is 1. The van der Waals surface area contributed by atoms with Crippen molar-refractivity contribution < 1.29 is 23.9 Å². The molecule has 0 aromatic heterocycles. The quantitative estimate of drug-likeness (QED) is 0.252. The number of piperidine rings is 3. The molecular weight excluding hydrogens is 490 g/mol. The van der Waals surface area contributed by atoms with Gasteiger partial charge in [0.1, 0.15) is 6.54 Å². The van der Waals surface area contributed by atoms with Crippen LogP contribution in [0.25, 0.3) is 0 Å². The second kappa shape index (κ2) is 11.4. The van der Waals surface area contributed by atoms with Crippen LogP contribution in [0.1, 0.15) is 46.3 Å². The van der Waals surface area contributed by atoms with Crippen LogP contribution in [-0.4, -0.2) is 60.3 Å².